The molecule has 0 saturated heterocycles. The summed E-state index contributed by atoms with van der Waals surface area (Å²) in [6, 6.07) is 0. The first kappa shape index (κ1) is 14.5. The van der Waals surface area contributed by atoms with Gasteiger partial charge in [-0.1, -0.05) is 33.1 Å². The van der Waals surface area contributed by atoms with Crippen LogP contribution in [0, 0.1) is 17.8 Å². The van der Waals surface area contributed by atoms with Crippen molar-refractivity contribution in [2.75, 3.05) is 13.1 Å². The third kappa shape index (κ3) is 5.07. The van der Waals surface area contributed by atoms with Gasteiger partial charge in [0.25, 0.3) is 0 Å². The fourth-order valence-electron chi connectivity index (χ4n) is 2.82. The lowest BCUT2D eigenvalue weighted by molar-refractivity contribution is -0.124. The van der Waals surface area contributed by atoms with Crippen LogP contribution in [0.2, 0.25) is 0 Å². The van der Waals surface area contributed by atoms with Gasteiger partial charge in [-0.05, 0) is 31.1 Å². The molecule has 1 rings (SSSR count). The molecule has 3 unspecified atom stereocenters. The summed E-state index contributed by atoms with van der Waals surface area (Å²) < 4.78 is 0. The van der Waals surface area contributed by atoms with Crippen LogP contribution in [-0.2, 0) is 4.79 Å². The van der Waals surface area contributed by atoms with Gasteiger partial charge in [-0.2, -0.15) is 0 Å². The average molecular weight is 240 g/mol. The van der Waals surface area contributed by atoms with E-state index in [1.807, 2.05) is 6.92 Å². The van der Waals surface area contributed by atoms with E-state index in [0.29, 0.717) is 6.54 Å². The van der Waals surface area contributed by atoms with Gasteiger partial charge in [-0.3, -0.25) is 4.79 Å². The Labute approximate surface area is 106 Å². The van der Waals surface area contributed by atoms with E-state index in [1.54, 1.807) is 0 Å². The highest BCUT2D eigenvalue weighted by Gasteiger charge is 2.19. The minimum atomic E-state index is 0.000259. The monoisotopic (exact) mass is 240 g/mol. The number of hydrogen-bond acceptors (Lipinski definition) is 2. The van der Waals surface area contributed by atoms with Crippen LogP contribution in [0.1, 0.15) is 52.4 Å². The molecule has 3 nitrogen and oxygen atoms in total. The Balaban J connectivity index is 2.16. The van der Waals surface area contributed by atoms with Crippen LogP contribution < -0.4 is 11.1 Å². The third-order valence-electron chi connectivity index (χ3n) is 4.04. The normalized spacial score (nSPS) is 26.5. The summed E-state index contributed by atoms with van der Waals surface area (Å²) in [5.74, 6) is 1.83. The van der Waals surface area contributed by atoms with Crippen molar-refractivity contribution in [1.82, 2.24) is 5.32 Å². The molecule has 0 aliphatic heterocycles. The second kappa shape index (κ2) is 7.70. The van der Waals surface area contributed by atoms with E-state index in [0.717, 1.165) is 31.2 Å². The summed E-state index contributed by atoms with van der Waals surface area (Å²) in [5.41, 5.74) is 5.56. The molecular formula is C14H28N2O. The summed E-state index contributed by atoms with van der Waals surface area (Å²) in [4.78, 5) is 11.7. The van der Waals surface area contributed by atoms with E-state index in [4.69, 9.17) is 5.73 Å². The average Bonchev–Trinajstić information content (AvgIpc) is 2.30. The zero-order valence-electron chi connectivity index (χ0n) is 11.4. The highest BCUT2D eigenvalue weighted by molar-refractivity contribution is 5.78. The smallest absolute Gasteiger partial charge is 0.224 e. The molecule has 1 fully saturated rings. The molecule has 1 amide bonds. The second-order valence-corrected chi connectivity index (χ2v) is 5.56. The molecule has 3 N–H and O–H groups in total. The van der Waals surface area contributed by atoms with Crippen LogP contribution in [-0.4, -0.2) is 19.0 Å². The van der Waals surface area contributed by atoms with Crippen molar-refractivity contribution in [2.45, 2.75) is 52.4 Å². The molecule has 1 aliphatic carbocycles. The largest absolute Gasteiger partial charge is 0.356 e. The molecule has 0 aromatic rings. The summed E-state index contributed by atoms with van der Waals surface area (Å²) in [7, 11) is 0. The molecule has 0 heterocycles. The first-order valence-electron chi connectivity index (χ1n) is 7.15. The molecule has 0 radical (unpaired) electrons. The van der Waals surface area contributed by atoms with Gasteiger partial charge in [0.05, 0.1) is 0 Å². The molecule has 0 bridgehead atoms. The zero-order chi connectivity index (χ0) is 12.7. The number of amides is 1. The number of carbonyl (C=O) groups excluding carboxylic acids is 1. The van der Waals surface area contributed by atoms with Crippen molar-refractivity contribution >= 4 is 5.91 Å². The van der Waals surface area contributed by atoms with Gasteiger partial charge in [-0.15, -0.1) is 0 Å². The fraction of sp³-hybridized carbons (Fsp3) is 0.929. The summed E-state index contributed by atoms with van der Waals surface area (Å²) >= 11 is 0. The number of hydrogen-bond donors (Lipinski definition) is 2. The van der Waals surface area contributed by atoms with Crippen LogP contribution in [0.15, 0.2) is 0 Å². The van der Waals surface area contributed by atoms with Gasteiger partial charge in [0, 0.05) is 19.0 Å². The first-order chi connectivity index (χ1) is 8.17. The Kier molecular flexibility index (Phi) is 6.56. The topological polar surface area (TPSA) is 55.1 Å². The maximum absolute atomic E-state index is 11.7. The lowest BCUT2D eigenvalue weighted by Crippen LogP contribution is -2.35. The van der Waals surface area contributed by atoms with Crippen molar-refractivity contribution in [1.29, 1.82) is 0 Å². The minimum Gasteiger partial charge on any atom is -0.356 e. The Morgan fingerprint density at radius 3 is 2.82 bits per heavy atom. The van der Waals surface area contributed by atoms with E-state index in [-0.39, 0.29) is 11.8 Å². The molecule has 17 heavy (non-hydrogen) atoms. The van der Waals surface area contributed by atoms with Gasteiger partial charge in [0.1, 0.15) is 0 Å². The fourth-order valence-corrected chi connectivity index (χ4v) is 2.82. The van der Waals surface area contributed by atoms with Gasteiger partial charge < -0.3 is 11.1 Å². The SMILES string of the molecule is CCC(CN)C(=O)NCCC1CCCC(C)C1. The maximum atomic E-state index is 11.7. The first-order valence-corrected chi connectivity index (χ1v) is 7.15. The lowest BCUT2D eigenvalue weighted by atomic mass is 9.81. The van der Waals surface area contributed by atoms with Gasteiger partial charge in [0.2, 0.25) is 5.91 Å². The molecule has 100 valence electrons. The zero-order valence-corrected chi connectivity index (χ0v) is 11.4. The van der Waals surface area contributed by atoms with Crippen LogP contribution in [0.5, 0.6) is 0 Å². The molecular weight excluding hydrogens is 212 g/mol. The number of nitrogens with one attached hydrogen (secondary N) is 1. The third-order valence-corrected chi connectivity index (χ3v) is 4.04. The van der Waals surface area contributed by atoms with E-state index in [2.05, 4.69) is 12.2 Å². The summed E-state index contributed by atoms with van der Waals surface area (Å²) in [6.45, 7) is 5.64. The summed E-state index contributed by atoms with van der Waals surface area (Å²) in [5, 5.41) is 3.03. The summed E-state index contributed by atoms with van der Waals surface area (Å²) in [6.07, 6.45) is 7.40. The lowest BCUT2D eigenvalue weighted by Gasteiger charge is -2.26. The van der Waals surface area contributed by atoms with Crippen molar-refractivity contribution < 1.29 is 4.79 Å². The van der Waals surface area contributed by atoms with Crippen molar-refractivity contribution in [3.05, 3.63) is 0 Å². The highest BCUT2D eigenvalue weighted by atomic mass is 16.1. The molecule has 0 aromatic carbocycles. The predicted octanol–water partition coefficient (Wildman–Crippen LogP) is 2.30. The molecule has 0 aromatic heterocycles. The number of nitrogens with two attached hydrogens (primary N) is 1. The molecule has 0 spiro atoms. The number of rotatable bonds is 6. The Bertz CT molecular complexity index is 226. The van der Waals surface area contributed by atoms with Crippen LogP contribution in [0.25, 0.3) is 0 Å². The molecule has 3 atom stereocenters. The van der Waals surface area contributed by atoms with E-state index >= 15 is 0 Å². The second-order valence-electron chi connectivity index (χ2n) is 5.56. The van der Waals surface area contributed by atoms with Crippen LogP contribution in [0.4, 0.5) is 0 Å². The van der Waals surface area contributed by atoms with Crippen molar-refractivity contribution in [3.8, 4) is 0 Å². The van der Waals surface area contributed by atoms with Crippen LogP contribution >= 0.6 is 0 Å². The Morgan fingerprint density at radius 1 is 1.47 bits per heavy atom. The predicted molar refractivity (Wildman–Crippen MR) is 71.6 cm³/mol. The van der Waals surface area contributed by atoms with Crippen molar-refractivity contribution in [3.63, 3.8) is 0 Å². The van der Waals surface area contributed by atoms with Gasteiger partial charge in [0.15, 0.2) is 0 Å². The minimum absolute atomic E-state index is 0.000259. The highest BCUT2D eigenvalue weighted by Crippen LogP contribution is 2.30. The molecule has 1 aliphatic rings. The van der Waals surface area contributed by atoms with Crippen LogP contribution in [0.3, 0.4) is 0 Å². The van der Waals surface area contributed by atoms with Gasteiger partial charge in [-0.25, -0.2) is 0 Å². The Hall–Kier alpha value is -0.570. The van der Waals surface area contributed by atoms with E-state index in [1.165, 1.54) is 25.7 Å². The van der Waals surface area contributed by atoms with E-state index in [9.17, 15) is 4.79 Å². The molecule has 3 heteroatoms. The molecule has 1 saturated carbocycles. The quantitative estimate of drug-likeness (QED) is 0.748. The van der Waals surface area contributed by atoms with E-state index < -0.39 is 0 Å². The standard InChI is InChI=1S/C14H28N2O/c1-3-13(10-15)14(17)16-8-7-12-6-4-5-11(2)9-12/h11-13H,3-10,15H2,1-2H3,(H,16,17). The Morgan fingerprint density at radius 2 is 2.24 bits per heavy atom. The van der Waals surface area contributed by atoms with Gasteiger partial charge >= 0.3 is 0 Å². The number of carbonyl (C=O) groups is 1. The van der Waals surface area contributed by atoms with Crippen molar-refractivity contribution in [2.24, 2.45) is 23.5 Å². The maximum Gasteiger partial charge on any atom is 0.224 e.